The summed E-state index contributed by atoms with van der Waals surface area (Å²) in [6.07, 6.45) is 2.43. The van der Waals surface area contributed by atoms with Gasteiger partial charge in [0.05, 0.1) is 0 Å². The summed E-state index contributed by atoms with van der Waals surface area (Å²) < 4.78 is 0. The molecule has 0 fully saturated rings. The second kappa shape index (κ2) is 6.02. The minimum absolute atomic E-state index is 0.267. The topological polar surface area (TPSA) is 29.3 Å². The first-order valence-corrected chi connectivity index (χ1v) is 6.56. The monoisotopic (exact) mass is 228 g/mol. The minimum Gasteiger partial charge on any atom is -0.330 e. The van der Waals surface area contributed by atoms with Crippen molar-refractivity contribution in [2.24, 2.45) is 16.6 Å². The number of nitrogens with two attached hydrogens (primary N) is 1. The first-order valence-electron chi connectivity index (χ1n) is 6.56. The van der Waals surface area contributed by atoms with E-state index in [4.69, 9.17) is 5.73 Å². The van der Waals surface area contributed by atoms with Crippen LogP contribution in [0.1, 0.15) is 54.4 Å². The van der Waals surface area contributed by atoms with Crippen LogP contribution < -0.4 is 5.73 Å². The van der Waals surface area contributed by atoms with Gasteiger partial charge in [0.2, 0.25) is 0 Å². The van der Waals surface area contributed by atoms with Gasteiger partial charge < -0.3 is 10.6 Å². The lowest BCUT2D eigenvalue weighted by Gasteiger charge is -2.40. The maximum Gasteiger partial charge on any atom is 0.0113 e. The van der Waals surface area contributed by atoms with Crippen LogP contribution in [0.4, 0.5) is 0 Å². The van der Waals surface area contributed by atoms with Crippen molar-refractivity contribution in [2.75, 3.05) is 20.1 Å². The Morgan fingerprint density at radius 3 is 2.00 bits per heavy atom. The normalized spacial score (nSPS) is 18.6. The molecule has 0 aliphatic rings. The van der Waals surface area contributed by atoms with Gasteiger partial charge in [-0.15, -0.1) is 0 Å². The van der Waals surface area contributed by atoms with Crippen molar-refractivity contribution in [3.05, 3.63) is 0 Å². The molecule has 2 unspecified atom stereocenters. The summed E-state index contributed by atoms with van der Waals surface area (Å²) in [5.41, 5.74) is 6.52. The van der Waals surface area contributed by atoms with E-state index in [2.05, 4.69) is 53.5 Å². The number of rotatable bonds is 6. The number of nitrogens with zero attached hydrogens (tertiary/aromatic N) is 1. The SMILES string of the molecule is CCCC(C)(CN)CN(C)C(C)C(C)(C)C. The molecule has 2 atom stereocenters. The van der Waals surface area contributed by atoms with Gasteiger partial charge in [0, 0.05) is 12.6 Å². The molecule has 0 saturated carbocycles. The van der Waals surface area contributed by atoms with Crippen LogP contribution in [0.3, 0.4) is 0 Å². The lowest BCUT2D eigenvalue weighted by molar-refractivity contribution is 0.0898. The van der Waals surface area contributed by atoms with Gasteiger partial charge in [0.15, 0.2) is 0 Å². The van der Waals surface area contributed by atoms with Crippen molar-refractivity contribution in [3.8, 4) is 0 Å². The average Bonchev–Trinajstić information content (AvgIpc) is 2.15. The van der Waals surface area contributed by atoms with E-state index in [1.165, 1.54) is 12.8 Å². The Hall–Kier alpha value is -0.0800. The van der Waals surface area contributed by atoms with Crippen LogP contribution in [-0.2, 0) is 0 Å². The fourth-order valence-corrected chi connectivity index (χ4v) is 2.25. The Morgan fingerprint density at radius 2 is 1.69 bits per heavy atom. The summed E-state index contributed by atoms with van der Waals surface area (Å²) in [7, 11) is 2.22. The van der Waals surface area contributed by atoms with Gasteiger partial charge in [-0.05, 0) is 37.8 Å². The average molecular weight is 228 g/mol. The summed E-state index contributed by atoms with van der Waals surface area (Å²) in [6.45, 7) is 15.6. The Labute approximate surface area is 103 Å². The van der Waals surface area contributed by atoms with Crippen LogP contribution in [0, 0.1) is 10.8 Å². The molecule has 0 amide bonds. The standard InChI is InChI=1S/C14H32N2/c1-8-9-14(6,10-15)11-16(7)12(2)13(3,4)5/h12H,8-11,15H2,1-7H3. The van der Waals surface area contributed by atoms with Crippen molar-refractivity contribution in [1.29, 1.82) is 0 Å². The Morgan fingerprint density at radius 1 is 1.19 bits per heavy atom. The molecular formula is C14H32N2. The fourth-order valence-electron chi connectivity index (χ4n) is 2.25. The van der Waals surface area contributed by atoms with E-state index in [0.717, 1.165) is 13.1 Å². The van der Waals surface area contributed by atoms with Gasteiger partial charge in [-0.25, -0.2) is 0 Å². The smallest absolute Gasteiger partial charge is 0.0113 e. The summed E-state index contributed by atoms with van der Waals surface area (Å²) in [5.74, 6) is 0. The van der Waals surface area contributed by atoms with E-state index in [0.29, 0.717) is 11.5 Å². The zero-order valence-electron chi connectivity index (χ0n) is 12.4. The molecule has 0 radical (unpaired) electrons. The number of hydrogen-bond acceptors (Lipinski definition) is 2. The van der Waals surface area contributed by atoms with Crippen molar-refractivity contribution in [3.63, 3.8) is 0 Å². The van der Waals surface area contributed by atoms with E-state index in [-0.39, 0.29) is 5.41 Å². The van der Waals surface area contributed by atoms with E-state index in [1.807, 2.05) is 0 Å². The molecule has 2 nitrogen and oxygen atoms in total. The molecule has 0 aromatic rings. The third-order valence-corrected chi connectivity index (χ3v) is 3.89. The van der Waals surface area contributed by atoms with Crippen LogP contribution in [0.25, 0.3) is 0 Å². The third kappa shape index (κ3) is 4.84. The van der Waals surface area contributed by atoms with Crippen molar-refractivity contribution < 1.29 is 0 Å². The van der Waals surface area contributed by atoms with Gasteiger partial charge in [0.1, 0.15) is 0 Å². The second-order valence-corrected chi connectivity index (χ2v) is 6.72. The van der Waals surface area contributed by atoms with Gasteiger partial charge in [-0.2, -0.15) is 0 Å². The highest BCUT2D eigenvalue weighted by Gasteiger charge is 2.29. The molecule has 0 spiro atoms. The molecule has 0 heterocycles. The molecule has 0 aromatic heterocycles. The summed E-state index contributed by atoms with van der Waals surface area (Å²) in [6, 6.07) is 0.579. The zero-order chi connectivity index (χ0) is 13.0. The van der Waals surface area contributed by atoms with E-state index < -0.39 is 0 Å². The molecule has 0 aliphatic carbocycles. The van der Waals surface area contributed by atoms with Crippen molar-refractivity contribution in [1.82, 2.24) is 4.90 Å². The zero-order valence-corrected chi connectivity index (χ0v) is 12.4. The van der Waals surface area contributed by atoms with Crippen LogP contribution >= 0.6 is 0 Å². The largest absolute Gasteiger partial charge is 0.330 e. The maximum atomic E-state index is 5.92. The highest BCUT2D eigenvalue weighted by molar-refractivity contribution is 4.84. The maximum absolute atomic E-state index is 5.92. The molecule has 0 bridgehead atoms. The van der Waals surface area contributed by atoms with Crippen molar-refractivity contribution >= 4 is 0 Å². The highest BCUT2D eigenvalue weighted by Crippen LogP contribution is 2.28. The first kappa shape index (κ1) is 15.9. The molecule has 98 valence electrons. The van der Waals surface area contributed by atoms with Crippen LogP contribution in [0.5, 0.6) is 0 Å². The molecule has 2 N–H and O–H groups in total. The van der Waals surface area contributed by atoms with Gasteiger partial charge in [0.25, 0.3) is 0 Å². The molecule has 16 heavy (non-hydrogen) atoms. The quantitative estimate of drug-likeness (QED) is 0.757. The van der Waals surface area contributed by atoms with Crippen LogP contribution in [0.15, 0.2) is 0 Å². The van der Waals surface area contributed by atoms with Gasteiger partial charge in [-0.1, -0.05) is 41.0 Å². The van der Waals surface area contributed by atoms with Crippen molar-refractivity contribution in [2.45, 2.75) is 60.4 Å². The highest BCUT2D eigenvalue weighted by atomic mass is 15.1. The van der Waals surface area contributed by atoms with E-state index in [1.54, 1.807) is 0 Å². The number of hydrogen-bond donors (Lipinski definition) is 1. The fraction of sp³-hybridized carbons (Fsp3) is 1.00. The molecule has 0 rings (SSSR count). The molecule has 0 aliphatic heterocycles. The van der Waals surface area contributed by atoms with E-state index in [9.17, 15) is 0 Å². The summed E-state index contributed by atoms with van der Waals surface area (Å²) >= 11 is 0. The summed E-state index contributed by atoms with van der Waals surface area (Å²) in [4.78, 5) is 2.46. The Balaban J connectivity index is 4.47. The molecule has 0 aromatic carbocycles. The predicted octanol–water partition coefficient (Wildman–Crippen LogP) is 3.12. The van der Waals surface area contributed by atoms with Gasteiger partial charge in [-0.3, -0.25) is 0 Å². The van der Waals surface area contributed by atoms with Gasteiger partial charge >= 0.3 is 0 Å². The summed E-state index contributed by atoms with van der Waals surface area (Å²) in [5, 5.41) is 0. The molecule has 0 saturated heterocycles. The molecular weight excluding hydrogens is 196 g/mol. The van der Waals surface area contributed by atoms with Crippen LogP contribution in [-0.4, -0.2) is 31.1 Å². The Bertz CT molecular complexity index is 195. The minimum atomic E-state index is 0.267. The Kier molecular flexibility index (Phi) is 5.99. The second-order valence-electron chi connectivity index (χ2n) is 6.72. The molecule has 2 heteroatoms. The first-order chi connectivity index (χ1) is 7.16. The van der Waals surface area contributed by atoms with Crippen LogP contribution in [0.2, 0.25) is 0 Å². The lowest BCUT2D eigenvalue weighted by Crippen LogP contribution is -2.46. The predicted molar refractivity (Wildman–Crippen MR) is 73.6 cm³/mol. The third-order valence-electron chi connectivity index (χ3n) is 3.89. The lowest BCUT2D eigenvalue weighted by atomic mass is 9.82. The van der Waals surface area contributed by atoms with E-state index >= 15 is 0 Å².